The number of esters is 2. The van der Waals surface area contributed by atoms with E-state index in [1.807, 2.05) is 25.9 Å². The highest BCUT2D eigenvalue weighted by molar-refractivity contribution is 6.01. The van der Waals surface area contributed by atoms with Crippen molar-refractivity contribution in [2.24, 2.45) is 23.7 Å². The molecule has 0 bridgehead atoms. The molecule has 2 saturated heterocycles. The monoisotopic (exact) mass is 659 g/mol. The number of hydrogen-bond acceptors (Lipinski definition) is 11. The van der Waals surface area contributed by atoms with E-state index in [4.69, 9.17) is 23.7 Å². The molecule has 2 fully saturated rings. The highest BCUT2D eigenvalue weighted by atomic mass is 16.7. The molecule has 0 saturated carbocycles. The first-order valence-electron chi connectivity index (χ1n) is 16.6. The molecule has 0 N–H and O–H groups in total. The van der Waals surface area contributed by atoms with E-state index in [0.29, 0.717) is 12.0 Å². The lowest BCUT2D eigenvalue weighted by atomic mass is 9.76. The SMILES string of the molecule is CC[C@H]1OC(=O)[C@H](C)C(=O)[C@H](C)[C@@H](OC2O[C@H](C)C[C@H](N(C)C)[C@H]2OC(=O)c2ccccc2)[C@@](C)(OC)C[C@@H](C)C(=O)C(C)CC1=O. The molecule has 0 spiro atoms. The fourth-order valence-electron chi connectivity index (χ4n) is 6.79. The van der Waals surface area contributed by atoms with E-state index >= 15 is 0 Å². The fourth-order valence-corrected chi connectivity index (χ4v) is 6.79. The number of rotatable bonds is 7. The van der Waals surface area contributed by atoms with Crippen molar-refractivity contribution >= 4 is 29.3 Å². The third-order valence-corrected chi connectivity index (χ3v) is 9.71. The van der Waals surface area contributed by atoms with Gasteiger partial charge in [0, 0.05) is 31.3 Å². The van der Waals surface area contributed by atoms with Crippen LogP contribution in [0, 0.1) is 23.7 Å². The van der Waals surface area contributed by atoms with Crippen molar-refractivity contribution in [3.63, 3.8) is 0 Å². The Morgan fingerprint density at radius 2 is 1.62 bits per heavy atom. The molecule has 11 atom stereocenters. The molecule has 2 heterocycles. The van der Waals surface area contributed by atoms with E-state index in [1.165, 1.54) is 14.0 Å². The minimum atomic E-state index is -1.25. The van der Waals surface area contributed by atoms with Crippen molar-refractivity contribution < 1.29 is 47.7 Å². The third kappa shape index (κ3) is 9.13. The van der Waals surface area contributed by atoms with Gasteiger partial charge in [-0.25, -0.2) is 4.79 Å². The molecule has 1 aromatic carbocycles. The van der Waals surface area contributed by atoms with Gasteiger partial charge in [0.25, 0.3) is 0 Å². The summed E-state index contributed by atoms with van der Waals surface area (Å²) in [6.45, 7) is 11.9. The lowest BCUT2D eigenvalue weighted by Crippen LogP contribution is -2.60. The van der Waals surface area contributed by atoms with Gasteiger partial charge in [-0.2, -0.15) is 0 Å². The van der Waals surface area contributed by atoms with Crippen LogP contribution >= 0.6 is 0 Å². The van der Waals surface area contributed by atoms with Gasteiger partial charge < -0.3 is 28.6 Å². The van der Waals surface area contributed by atoms with Crippen molar-refractivity contribution in [2.75, 3.05) is 21.2 Å². The van der Waals surface area contributed by atoms with Crippen LogP contribution in [0.3, 0.4) is 0 Å². The normalized spacial score (nSPS) is 36.5. The summed E-state index contributed by atoms with van der Waals surface area (Å²) in [5, 5.41) is 0. The molecular formula is C36H53NO10. The van der Waals surface area contributed by atoms with E-state index < -0.39 is 71.6 Å². The second-order valence-corrected chi connectivity index (χ2v) is 13.7. The molecule has 0 amide bonds. The fraction of sp³-hybridized carbons (Fsp3) is 0.694. The molecule has 11 heteroatoms. The summed E-state index contributed by atoms with van der Waals surface area (Å²) < 4.78 is 30.8. The molecule has 1 aromatic rings. The van der Waals surface area contributed by atoms with Gasteiger partial charge in [-0.3, -0.25) is 19.2 Å². The summed E-state index contributed by atoms with van der Waals surface area (Å²) in [5.41, 5.74) is -0.887. The second kappa shape index (κ2) is 16.4. The van der Waals surface area contributed by atoms with Crippen LogP contribution in [0.4, 0.5) is 0 Å². The van der Waals surface area contributed by atoms with Crippen LogP contribution < -0.4 is 0 Å². The van der Waals surface area contributed by atoms with Crippen molar-refractivity contribution in [2.45, 2.75) is 116 Å². The maximum atomic E-state index is 14.0. The van der Waals surface area contributed by atoms with Gasteiger partial charge >= 0.3 is 11.9 Å². The number of cyclic esters (lactones) is 1. The van der Waals surface area contributed by atoms with Crippen LogP contribution in [-0.2, 0) is 42.9 Å². The Morgan fingerprint density at radius 3 is 2.19 bits per heavy atom. The third-order valence-electron chi connectivity index (χ3n) is 9.71. The molecule has 0 aliphatic carbocycles. The molecule has 47 heavy (non-hydrogen) atoms. The number of likely N-dealkylation sites (N-methyl/N-ethyl adjacent to an activating group) is 1. The largest absolute Gasteiger partial charge is 0.454 e. The summed E-state index contributed by atoms with van der Waals surface area (Å²) in [5.74, 6) is -5.77. The molecular weight excluding hydrogens is 606 g/mol. The molecule has 262 valence electrons. The first-order chi connectivity index (χ1) is 22.0. The zero-order chi connectivity index (χ0) is 35.2. The highest BCUT2D eigenvalue weighted by Crippen LogP contribution is 2.38. The number of methoxy groups -OCH3 is 1. The van der Waals surface area contributed by atoms with Gasteiger partial charge in [-0.15, -0.1) is 0 Å². The Kier molecular flexibility index (Phi) is 13.4. The predicted molar refractivity (Wildman–Crippen MR) is 173 cm³/mol. The number of nitrogens with zero attached hydrogens (tertiary/aromatic N) is 1. The zero-order valence-electron chi connectivity index (χ0n) is 29.5. The van der Waals surface area contributed by atoms with Crippen LogP contribution in [0.2, 0.25) is 0 Å². The van der Waals surface area contributed by atoms with Gasteiger partial charge in [0.15, 0.2) is 30.1 Å². The highest BCUT2D eigenvalue weighted by Gasteiger charge is 2.51. The van der Waals surface area contributed by atoms with E-state index in [0.717, 1.165) is 0 Å². The van der Waals surface area contributed by atoms with Gasteiger partial charge in [0.05, 0.1) is 29.4 Å². The van der Waals surface area contributed by atoms with Gasteiger partial charge in [-0.05, 0) is 66.3 Å². The Morgan fingerprint density at radius 1 is 0.979 bits per heavy atom. The van der Waals surface area contributed by atoms with Gasteiger partial charge in [0.1, 0.15) is 11.7 Å². The number of ether oxygens (including phenoxy) is 5. The van der Waals surface area contributed by atoms with Gasteiger partial charge in [0.2, 0.25) is 0 Å². The Balaban J connectivity index is 2.09. The zero-order valence-corrected chi connectivity index (χ0v) is 29.5. The standard InChI is InChI=1S/C36H53NO10/c1-11-28-27(38)17-20(2)29(39)21(3)19-36(7,43-10)32(23(5)30(40)24(6)33(41)45-28)47-35-31(26(37(8)9)18-22(4)44-35)46-34(42)25-15-13-12-14-16-25/h12-16,20-24,26,28,31-32,35H,11,17-19H2,1-10H3/t20?,21-,22-,23+,24-,26+,28-,31-,32-,35?,36+/m1/s1. The number of benzene rings is 1. The summed E-state index contributed by atoms with van der Waals surface area (Å²) in [4.78, 5) is 69.1. The molecule has 3 rings (SSSR count). The quantitative estimate of drug-likeness (QED) is 0.304. The minimum Gasteiger partial charge on any atom is -0.454 e. The maximum absolute atomic E-state index is 14.0. The average Bonchev–Trinajstić information content (AvgIpc) is 3.04. The minimum absolute atomic E-state index is 0.0918. The Hall–Kier alpha value is -2.99. The van der Waals surface area contributed by atoms with Crippen LogP contribution in [0.25, 0.3) is 0 Å². The number of carbonyl (C=O) groups excluding carboxylic acids is 5. The van der Waals surface area contributed by atoms with Gasteiger partial charge in [-0.1, -0.05) is 45.9 Å². The molecule has 0 aromatic heterocycles. The van der Waals surface area contributed by atoms with E-state index in [9.17, 15) is 24.0 Å². The summed E-state index contributed by atoms with van der Waals surface area (Å²) in [6.07, 6.45) is -3.61. The van der Waals surface area contributed by atoms with Crippen LogP contribution in [0.15, 0.2) is 30.3 Å². The summed E-state index contributed by atoms with van der Waals surface area (Å²) >= 11 is 0. The number of ketones is 3. The molecule has 2 aliphatic rings. The summed E-state index contributed by atoms with van der Waals surface area (Å²) in [6, 6.07) is 8.31. The maximum Gasteiger partial charge on any atom is 0.338 e. The van der Waals surface area contributed by atoms with Crippen LogP contribution in [-0.4, -0.2) is 97.7 Å². The number of hydrogen-bond donors (Lipinski definition) is 0. The lowest BCUT2D eigenvalue weighted by Gasteiger charge is -2.47. The average molecular weight is 660 g/mol. The Labute approximate surface area is 279 Å². The van der Waals surface area contributed by atoms with Crippen LogP contribution in [0.1, 0.15) is 84.5 Å². The molecule has 0 radical (unpaired) electrons. The first-order valence-corrected chi connectivity index (χ1v) is 16.6. The van der Waals surface area contributed by atoms with Crippen molar-refractivity contribution in [3.05, 3.63) is 35.9 Å². The predicted octanol–water partition coefficient (Wildman–Crippen LogP) is 4.43. The Bertz CT molecular complexity index is 1270. The number of Topliss-reactive ketones (excluding diaryl/α,β-unsaturated/α-hetero) is 3. The van der Waals surface area contributed by atoms with Crippen molar-refractivity contribution in [3.8, 4) is 0 Å². The topological polar surface area (TPSA) is 135 Å². The number of carbonyl (C=O) groups is 5. The van der Waals surface area contributed by atoms with Crippen molar-refractivity contribution in [1.29, 1.82) is 0 Å². The smallest absolute Gasteiger partial charge is 0.338 e. The molecule has 2 unspecified atom stereocenters. The van der Waals surface area contributed by atoms with E-state index in [2.05, 4.69) is 0 Å². The lowest BCUT2D eigenvalue weighted by molar-refractivity contribution is -0.294. The second-order valence-electron chi connectivity index (χ2n) is 13.7. The van der Waals surface area contributed by atoms with Crippen molar-refractivity contribution in [1.82, 2.24) is 4.90 Å². The molecule has 2 aliphatic heterocycles. The van der Waals surface area contributed by atoms with E-state index in [1.54, 1.807) is 65.0 Å². The van der Waals surface area contributed by atoms with E-state index in [-0.39, 0.29) is 43.0 Å². The first kappa shape index (κ1) is 38.5. The molecule has 11 nitrogen and oxygen atoms in total. The van der Waals surface area contributed by atoms with Crippen LogP contribution in [0.5, 0.6) is 0 Å². The summed E-state index contributed by atoms with van der Waals surface area (Å²) in [7, 11) is 5.24.